The Morgan fingerprint density at radius 1 is 0.944 bits per heavy atom. The summed E-state index contributed by atoms with van der Waals surface area (Å²) < 4.78 is 21.0. The Hall–Kier alpha value is -5.18. The zero-order valence-corrected chi connectivity index (χ0v) is 43.8. The maximum atomic E-state index is 9.74. The molecule has 5 fully saturated rings. The summed E-state index contributed by atoms with van der Waals surface area (Å²) in [7, 11) is 0. The number of rotatable bonds is 20. The molecule has 4 aromatic heterocycles. The van der Waals surface area contributed by atoms with Gasteiger partial charge in [0.25, 0.3) is 0 Å². The summed E-state index contributed by atoms with van der Waals surface area (Å²) in [6, 6.07) is 8.96. The van der Waals surface area contributed by atoms with Crippen LogP contribution in [-0.4, -0.2) is 122 Å². The van der Waals surface area contributed by atoms with E-state index in [-0.39, 0.29) is 41.9 Å². The summed E-state index contributed by atoms with van der Waals surface area (Å²) in [6.07, 6.45) is 22.0. The van der Waals surface area contributed by atoms with Crippen molar-refractivity contribution in [3.8, 4) is 11.9 Å². The Morgan fingerprint density at radius 3 is 2.44 bits per heavy atom. The topological polar surface area (TPSA) is 178 Å². The Morgan fingerprint density at radius 2 is 1.74 bits per heavy atom. The first-order valence-corrected chi connectivity index (χ1v) is 27.0. The number of anilines is 3. The molecule has 1 saturated carbocycles. The Kier molecular flexibility index (Phi) is 14.7. The number of pyridine rings is 1. The fourth-order valence-corrected chi connectivity index (χ4v) is 13.0. The molecule has 8 heterocycles. The highest BCUT2D eigenvalue weighted by Gasteiger charge is 2.65. The van der Waals surface area contributed by atoms with E-state index in [2.05, 4.69) is 101 Å². The van der Waals surface area contributed by atoms with Gasteiger partial charge in [-0.25, -0.2) is 19.9 Å². The first-order chi connectivity index (χ1) is 34.8. The number of nitrogens with zero attached hydrogens (tertiary/aromatic N) is 10. The second-order valence-corrected chi connectivity index (χ2v) is 23.0. The number of nitriles is 1. The number of aromatic nitrogens is 6. The van der Waals surface area contributed by atoms with Crippen LogP contribution in [0.25, 0.3) is 5.65 Å². The largest absolute Gasteiger partial charge is 0.478 e. The van der Waals surface area contributed by atoms with Gasteiger partial charge in [0.2, 0.25) is 11.8 Å². The van der Waals surface area contributed by atoms with E-state index in [4.69, 9.17) is 29.2 Å². The van der Waals surface area contributed by atoms with Gasteiger partial charge >= 0.3 is 0 Å². The van der Waals surface area contributed by atoms with E-state index >= 15 is 0 Å². The summed E-state index contributed by atoms with van der Waals surface area (Å²) in [5, 5.41) is 31.3. The molecule has 0 amide bonds. The van der Waals surface area contributed by atoms with Gasteiger partial charge in [-0.2, -0.15) is 14.9 Å². The fraction of sp³-hybridized carbons (Fsp3) is 0.643. The SMILES string of the molecule is CCc1cnn2c(NCc3ccc(OCCCCN4CCC(C5CN(c6ncc(C7OC7NC7C(C)(C)C(OC8(C)C=CC(C#N)=C(C)C8)C7(C)C)cn6)C5)CC4)nc3)cc(N3CCCC[C@H]3CCO)nc12. The van der Waals surface area contributed by atoms with Crippen LogP contribution in [0.15, 0.2) is 66.3 Å². The van der Waals surface area contributed by atoms with Crippen LogP contribution in [0, 0.1) is 34.0 Å². The lowest BCUT2D eigenvalue weighted by Crippen LogP contribution is -2.74. The first kappa shape index (κ1) is 50.4. The third-order valence-electron chi connectivity index (χ3n) is 17.0. The molecule has 3 N–H and O–H groups in total. The zero-order chi connectivity index (χ0) is 50.2. The number of unbranched alkanes of at least 4 members (excludes halogenated alkanes) is 1. The van der Waals surface area contributed by atoms with Gasteiger partial charge in [0.1, 0.15) is 24.0 Å². The predicted octanol–water partition coefficient (Wildman–Crippen LogP) is 8.20. The second-order valence-electron chi connectivity index (χ2n) is 23.0. The van der Waals surface area contributed by atoms with Crippen LogP contribution in [0.3, 0.4) is 0 Å². The number of likely N-dealkylation sites (tertiary alicyclic amines) is 1. The van der Waals surface area contributed by atoms with E-state index in [1.165, 1.54) is 19.3 Å². The van der Waals surface area contributed by atoms with Crippen LogP contribution in [-0.2, 0) is 22.4 Å². The van der Waals surface area contributed by atoms with Gasteiger partial charge in [0.05, 0.1) is 36.2 Å². The lowest BCUT2D eigenvalue weighted by atomic mass is 9.49. The number of hydrogen-bond donors (Lipinski definition) is 3. The van der Waals surface area contributed by atoms with E-state index in [0.29, 0.717) is 31.0 Å². The van der Waals surface area contributed by atoms with Crippen molar-refractivity contribution in [1.29, 1.82) is 5.26 Å². The molecule has 4 saturated heterocycles. The van der Waals surface area contributed by atoms with Crippen LogP contribution in [0.4, 0.5) is 17.6 Å². The molecule has 72 heavy (non-hydrogen) atoms. The van der Waals surface area contributed by atoms with Crippen LogP contribution in [0.2, 0.25) is 0 Å². The van der Waals surface area contributed by atoms with Gasteiger partial charge in [0.15, 0.2) is 5.65 Å². The number of aryl methyl sites for hydroxylation is 1. The average Bonchev–Trinajstić information content (AvgIpc) is 4.02. The fourth-order valence-electron chi connectivity index (χ4n) is 13.0. The Bertz CT molecular complexity index is 2590. The van der Waals surface area contributed by atoms with Gasteiger partial charge < -0.3 is 39.3 Å². The Balaban J connectivity index is 0.605. The number of epoxide rings is 1. The first-order valence-electron chi connectivity index (χ1n) is 27.0. The quantitative estimate of drug-likeness (QED) is 0.0570. The van der Waals surface area contributed by atoms with Gasteiger partial charge in [-0.3, -0.25) is 5.32 Å². The number of aliphatic hydroxyl groups excluding tert-OH is 1. The molecule has 16 heteroatoms. The molecule has 4 aliphatic heterocycles. The van der Waals surface area contributed by atoms with Crippen molar-refractivity contribution in [2.24, 2.45) is 22.7 Å². The predicted molar refractivity (Wildman–Crippen MR) is 280 cm³/mol. The molecule has 6 aliphatic rings. The summed E-state index contributed by atoms with van der Waals surface area (Å²) in [5.74, 6) is 4.78. The smallest absolute Gasteiger partial charge is 0.225 e. The molecule has 386 valence electrons. The third kappa shape index (κ3) is 10.5. The van der Waals surface area contributed by atoms with Gasteiger partial charge in [-0.1, -0.05) is 52.3 Å². The van der Waals surface area contributed by atoms with Crippen LogP contribution in [0.5, 0.6) is 5.88 Å². The van der Waals surface area contributed by atoms with E-state index < -0.39 is 5.60 Å². The highest BCUT2D eigenvalue weighted by atomic mass is 16.6. The molecule has 3 unspecified atom stereocenters. The molecule has 4 atom stereocenters. The minimum atomic E-state index is -0.432. The summed E-state index contributed by atoms with van der Waals surface area (Å²) in [5.41, 5.74) is 5.26. The zero-order valence-electron chi connectivity index (χ0n) is 43.8. The van der Waals surface area contributed by atoms with Crippen LogP contribution < -0.4 is 25.2 Å². The van der Waals surface area contributed by atoms with E-state index in [9.17, 15) is 10.4 Å². The molecule has 0 radical (unpaired) electrons. The minimum absolute atomic E-state index is 0.0419. The molecule has 4 aromatic rings. The van der Waals surface area contributed by atoms with Gasteiger partial charge in [-0.05, 0) is 115 Å². The van der Waals surface area contributed by atoms with E-state index in [1.807, 2.05) is 48.4 Å². The number of nitrogens with one attached hydrogen (secondary N) is 2. The molecular weight excluding hydrogens is 905 g/mol. The van der Waals surface area contributed by atoms with Crippen LogP contribution in [0.1, 0.15) is 129 Å². The summed E-state index contributed by atoms with van der Waals surface area (Å²) in [4.78, 5) is 26.6. The highest BCUT2D eigenvalue weighted by Crippen LogP contribution is 2.58. The average molecular weight is 983 g/mol. The number of fused-ring (bicyclic) bond motifs is 1. The van der Waals surface area contributed by atoms with Crippen molar-refractivity contribution in [3.05, 3.63) is 83.0 Å². The summed E-state index contributed by atoms with van der Waals surface area (Å²) >= 11 is 0. The molecule has 16 nitrogen and oxygen atoms in total. The maximum Gasteiger partial charge on any atom is 0.225 e. The highest BCUT2D eigenvalue weighted by molar-refractivity contribution is 5.61. The van der Waals surface area contributed by atoms with E-state index in [0.717, 1.165) is 141 Å². The molecule has 0 bridgehead atoms. The standard InChI is InChI=1S/C56H78N12O4/c1-8-39-34-62-68-45(27-46(63-49(39)68)67-22-10-9-13-44(67)19-25-69)58-30-38-14-15-47(59-31-38)70-26-12-11-21-65-23-17-40(18-24-65)43-35-66(36-43)53-60-32-42(33-61-53)48-50(71-48)64-51-54(3,4)52(55(51,5)6)72-56(7)20-16-41(29-57)37(2)28-56/h14-16,20,27,31-34,40,43-44,48,50-52,58,64,69H,8-13,17-19,21-26,28,30,35-36H2,1-7H3/t44-,48?,50?,51?,52?,56?/m0/s1. The normalized spacial score (nSPS) is 27.4. The van der Waals surface area contributed by atoms with Crippen molar-refractivity contribution >= 4 is 23.2 Å². The Labute approximate surface area is 426 Å². The van der Waals surface area contributed by atoms with Crippen molar-refractivity contribution in [2.45, 2.75) is 155 Å². The molecule has 0 spiro atoms. The second kappa shape index (κ2) is 21.0. The number of ether oxygens (including phenoxy) is 3. The molecular formula is C56H78N12O4. The number of piperidine rings is 2. The van der Waals surface area contributed by atoms with Crippen molar-refractivity contribution in [3.63, 3.8) is 0 Å². The van der Waals surface area contributed by atoms with Crippen molar-refractivity contribution < 1.29 is 19.3 Å². The summed E-state index contributed by atoms with van der Waals surface area (Å²) in [6.45, 7) is 23.3. The van der Waals surface area contributed by atoms with Crippen LogP contribution >= 0.6 is 0 Å². The van der Waals surface area contributed by atoms with Crippen molar-refractivity contribution in [2.75, 3.05) is 67.6 Å². The van der Waals surface area contributed by atoms with Gasteiger partial charge in [0, 0.05) is 104 Å². The molecule has 0 aromatic carbocycles. The molecule has 10 rings (SSSR count). The lowest BCUT2D eigenvalue weighted by molar-refractivity contribution is -0.246. The number of hydrogen-bond acceptors (Lipinski definition) is 15. The minimum Gasteiger partial charge on any atom is -0.478 e. The molecule has 2 aliphatic carbocycles. The number of allylic oxidation sites excluding steroid dienone is 2. The third-order valence-corrected chi connectivity index (χ3v) is 17.0. The van der Waals surface area contributed by atoms with Gasteiger partial charge in [-0.15, -0.1) is 0 Å². The van der Waals surface area contributed by atoms with Crippen molar-refractivity contribution in [1.82, 2.24) is 39.8 Å². The lowest BCUT2D eigenvalue weighted by Gasteiger charge is -2.65. The van der Waals surface area contributed by atoms with E-state index in [1.54, 1.807) is 0 Å². The number of aliphatic hydroxyl groups is 1. The monoisotopic (exact) mass is 983 g/mol. The maximum absolute atomic E-state index is 9.74.